The van der Waals surface area contributed by atoms with E-state index in [1.54, 1.807) is 28.4 Å². The summed E-state index contributed by atoms with van der Waals surface area (Å²) in [5, 5.41) is 4.85. The average Bonchev–Trinajstić information content (AvgIpc) is 2.97. The molecule has 6 rings (SSSR count). The van der Waals surface area contributed by atoms with E-state index in [0.717, 1.165) is 61.5 Å². The van der Waals surface area contributed by atoms with Crippen LogP contribution >= 0.6 is 0 Å². The molecule has 0 bridgehead atoms. The summed E-state index contributed by atoms with van der Waals surface area (Å²) in [5.41, 5.74) is 5.52. The number of piperazine rings is 1. The second-order valence-corrected chi connectivity index (χ2v) is 11.6. The quantitative estimate of drug-likeness (QED) is 0.224. The van der Waals surface area contributed by atoms with Crippen molar-refractivity contribution in [3.05, 3.63) is 70.8 Å². The molecule has 4 aromatic carbocycles. The van der Waals surface area contributed by atoms with E-state index in [9.17, 15) is 0 Å². The van der Waals surface area contributed by atoms with Crippen LogP contribution < -0.4 is 18.9 Å². The molecule has 1 aliphatic carbocycles. The highest BCUT2D eigenvalue weighted by Crippen LogP contribution is 2.45. The van der Waals surface area contributed by atoms with Crippen LogP contribution in [-0.2, 0) is 13.1 Å². The number of hydrogen-bond acceptors (Lipinski definition) is 6. The Kier molecular flexibility index (Phi) is 7.96. The minimum absolute atomic E-state index is 0.635. The third kappa shape index (κ3) is 5.31. The van der Waals surface area contributed by atoms with Gasteiger partial charge < -0.3 is 18.9 Å². The number of methoxy groups -OCH3 is 4. The summed E-state index contributed by atoms with van der Waals surface area (Å²) >= 11 is 0. The van der Waals surface area contributed by atoms with Crippen molar-refractivity contribution >= 4 is 21.5 Å². The smallest absolute Gasteiger partial charge is 0.203 e. The topological polar surface area (TPSA) is 43.4 Å². The predicted molar refractivity (Wildman–Crippen MR) is 166 cm³/mol. The third-order valence-corrected chi connectivity index (χ3v) is 9.19. The normalized spacial score (nSPS) is 16.6. The fraction of sp³-hybridized carbons (Fsp3) is 0.429. The van der Waals surface area contributed by atoms with Gasteiger partial charge in [-0.1, -0.05) is 30.7 Å². The Labute approximate surface area is 243 Å². The van der Waals surface area contributed by atoms with Gasteiger partial charge in [0.15, 0.2) is 11.5 Å². The Balaban J connectivity index is 1.14. The second-order valence-electron chi connectivity index (χ2n) is 11.6. The molecular formula is C35H42N2O4. The van der Waals surface area contributed by atoms with Gasteiger partial charge in [-0.2, -0.15) is 0 Å². The molecule has 1 heterocycles. The summed E-state index contributed by atoms with van der Waals surface area (Å²) in [6, 6.07) is 17.9. The van der Waals surface area contributed by atoms with Crippen molar-refractivity contribution < 1.29 is 18.9 Å². The molecule has 2 fully saturated rings. The molecule has 0 amide bonds. The van der Waals surface area contributed by atoms with Crippen LogP contribution in [0, 0.1) is 6.92 Å². The van der Waals surface area contributed by atoms with E-state index in [2.05, 4.69) is 59.2 Å². The molecule has 0 spiro atoms. The zero-order valence-corrected chi connectivity index (χ0v) is 25.1. The first kappa shape index (κ1) is 27.7. The first-order valence-corrected chi connectivity index (χ1v) is 14.8. The third-order valence-electron chi connectivity index (χ3n) is 9.19. The van der Waals surface area contributed by atoms with Gasteiger partial charge in [-0.25, -0.2) is 0 Å². The van der Waals surface area contributed by atoms with Gasteiger partial charge in [0.2, 0.25) is 5.75 Å². The highest BCUT2D eigenvalue weighted by atomic mass is 16.5. The van der Waals surface area contributed by atoms with E-state index in [1.807, 2.05) is 6.07 Å². The number of fused-ring (bicyclic) bond motifs is 2. The monoisotopic (exact) mass is 554 g/mol. The van der Waals surface area contributed by atoms with Gasteiger partial charge in [0.05, 0.1) is 28.4 Å². The summed E-state index contributed by atoms with van der Waals surface area (Å²) in [6.07, 6.45) is 3.92. The Morgan fingerprint density at radius 2 is 1.17 bits per heavy atom. The van der Waals surface area contributed by atoms with Crippen LogP contribution in [0.1, 0.15) is 47.4 Å². The second kappa shape index (κ2) is 11.8. The molecule has 1 saturated heterocycles. The highest BCUT2D eigenvalue weighted by molar-refractivity contribution is 5.93. The molecule has 2 aliphatic rings. The minimum Gasteiger partial charge on any atom is -0.496 e. The molecule has 1 aliphatic heterocycles. The molecule has 4 aromatic rings. The van der Waals surface area contributed by atoms with E-state index in [-0.39, 0.29) is 0 Å². The van der Waals surface area contributed by atoms with Crippen molar-refractivity contribution in [2.45, 2.75) is 45.2 Å². The van der Waals surface area contributed by atoms with E-state index in [1.165, 1.54) is 52.3 Å². The molecule has 6 heteroatoms. The zero-order chi connectivity index (χ0) is 28.5. The summed E-state index contributed by atoms with van der Waals surface area (Å²) < 4.78 is 22.6. The van der Waals surface area contributed by atoms with E-state index in [0.29, 0.717) is 17.4 Å². The fourth-order valence-electron chi connectivity index (χ4n) is 6.71. The molecule has 1 saturated carbocycles. The summed E-state index contributed by atoms with van der Waals surface area (Å²) in [7, 11) is 6.78. The summed E-state index contributed by atoms with van der Waals surface area (Å²) in [5.74, 6) is 3.73. The molecule has 41 heavy (non-hydrogen) atoms. The maximum atomic E-state index is 5.75. The van der Waals surface area contributed by atoms with E-state index >= 15 is 0 Å². The first-order valence-electron chi connectivity index (χ1n) is 14.8. The molecule has 0 aromatic heterocycles. The van der Waals surface area contributed by atoms with Crippen molar-refractivity contribution in [1.29, 1.82) is 0 Å². The number of hydrogen-bond donors (Lipinski definition) is 0. The van der Waals surface area contributed by atoms with Crippen molar-refractivity contribution in [2.24, 2.45) is 0 Å². The van der Waals surface area contributed by atoms with Gasteiger partial charge >= 0.3 is 0 Å². The first-order chi connectivity index (χ1) is 20.0. The average molecular weight is 555 g/mol. The number of benzene rings is 4. The largest absolute Gasteiger partial charge is 0.496 e. The van der Waals surface area contributed by atoms with Crippen molar-refractivity contribution in [2.75, 3.05) is 54.6 Å². The van der Waals surface area contributed by atoms with Gasteiger partial charge in [-0.15, -0.1) is 0 Å². The molecule has 0 radical (unpaired) electrons. The molecule has 0 unspecified atom stereocenters. The number of nitrogens with zero attached hydrogens (tertiary/aromatic N) is 2. The lowest BCUT2D eigenvalue weighted by atomic mass is 9.76. The minimum atomic E-state index is 0.635. The standard InChI is InChI=1S/C35H42N2O4/c1-23-31(38-2)19-27-11-9-24(17-29(27)33(23)26-7-6-8-26)21-36-13-15-37(16-14-36)22-25-10-12-28-20-32(39-3)35(41-5)34(40-4)30(28)18-25/h9-12,17-20,26H,6-8,13-16,21-22H2,1-5H3. The van der Waals surface area contributed by atoms with Crippen molar-refractivity contribution in [3.8, 4) is 23.0 Å². The maximum Gasteiger partial charge on any atom is 0.203 e. The lowest BCUT2D eigenvalue weighted by molar-refractivity contribution is 0.122. The predicted octanol–water partition coefficient (Wildman–Crippen LogP) is 6.92. The van der Waals surface area contributed by atoms with Crippen LogP contribution in [0.25, 0.3) is 21.5 Å². The van der Waals surface area contributed by atoms with E-state index in [4.69, 9.17) is 18.9 Å². The van der Waals surface area contributed by atoms with Gasteiger partial charge in [0.25, 0.3) is 0 Å². The summed E-state index contributed by atoms with van der Waals surface area (Å²) in [6.45, 7) is 8.39. The molecular weight excluding hydrogens is 512 g/mol. The maximum absolute atomic E-state index is 5.75. The molecule has 0 atom stereocenters. The molecule has 216 valence electrons. The van der Waals surface area contributed by atoms with Crippen molar-refractivity contribution in [3.63, 3.8) is 0 Å². The van der Waals surface area contributed by atoms with Gasteiger partial charge in [0.1, 0.15) is 5.75 Å². The molecule has 6 nitrogen and oxygen atoms in total. The number of rotatable bonds is 9. The Morgan fingerprint density at radius 3 is 1.68 bits per heavy atom. The van der Waals surface area contributed by atoms with Crippen LogP contribution in [-0.4, -0.2) is 64.4 Å². The zero-order valence-electron chi connectivity index (χ0n) is 25.1. The SMILES string of the molecule is COc1cc2ccc(CN3CCN(Cc4ccc5cc(OC)c(OC)c(OC)c5c4)CC3)cc2c(C2CCC2)c1C. The van der Waals surface area contributed by atoms with Crippen LogP contribution in [0.4, 0.5) is 0 Å². The van der Waals surface area contributed by atoms with Crippen molar-refractivity contribution in [1.82, 2.24) is 9.80 Å². The van der Waals surface area contributed by atoms with Gasteiger partial charge in [-0.05, 0) is 88.4 Å². The van der Waals surface area contributed by atoms with Crippen LogP contribution in [0.5, 0.6) is 23.0 Å². The lowest BCUT2D eigenvalue weighted by Crippen LogP contribution is -2.45. The van der Waals surface area contributed by atoms with Gasteiger partial charge in [0, 0.05) is 44.7 Å². The van der Waals surface area contributed by atoms with Gasteiger partial charge in [-0.3, -0.25) is 9.80 Å². The fourth-order valence-corrected chi connectivity index (χ4v) is 6.71. The van der Waals surface area contributed by atoms with Crippen LogP contribution in [0.3, 0.4) is 0 Å². The summed E-state index contributed by atoms with van der Waals surface area (Å²) in [4.78, 5) is 5.15. The van der Waals surface area contributed by atoms with Crippen LogP contribution in [0.2, 0.25) is 0 Å². The highest BCUT2D eigenvalue weighted by Gasteiger charge is 2.26. The lowest BCUT2D eigenvalue weighted by Gasteiger charge is -2.35. The Morgan fingerprint density at radius 1 is 0.634 bits per heavy atom. The van der Waals surface area contributed by atoms with Crippen LogP contribution in [0.15, 0.2) is 48.5 Å². The Bertz CT molecular complexity index is 1550. The van der Waals surface area contributed by atoms with E-state index < -0.39 is 0 Å². The molecule has 0 N–H and O–H groups in total. The Hall–Kier alpha value is -3.48. The number of ether oxygens (including phenoxy) is 4.